The van der Waals surface area contributed by atoms with E-state index in [4.69, 9.17) is 9.47 Å². The van der Waals surface area contributed by atoms with Gasteiger partial charge in [0.25, 0.3) is 0 Å². The van der Waals surface area contributed by atoms with Crippen LogP contribution in [0.5, 0.6) is 0 Å². The molecule has 1 atom stereocenters. The minimum atomic E-state index is -0.995. The van der Waals surface area contributed by atoms with Gasteiger partial charge in [0.2, 0.25) is 5.78 Å². The SMILES string of the molecule is CCOC(=O)c1c(C)[nH]c(C(=O)C(C)OC(=O)c2ccccc2I)c1C. The molecule has 7 heteroatoms. The molecule has 1 N–H and O–H groups in total. The van der Waals surface area contributed by atoms with Crippen LogP contribution in [0.15, 0.2) is 24.3 Å². The summed E-state index contributed by atoms with van der Waals surface area (Å²) in [5.41, 5.74) is 2.02. The van der Waals surface area contributed by atoms with Gasteiger partial charge in [-0.2, -0.15) is 0 Å². The van der Waals surface area contributed by atoms with Crippen LogP contribution in [0.1, 0.15) is 56.3 Å². The zero-order valence-electron chi connectivity index (χ0n) is 15.0. The Balaban J connectivity index is 2.21. The molecule has 1 aromatic heterocycles. The molecule has 0 aliphatic rings. The molecule has 0 aliphatic carbocycles. The van der Waals surface area contributed by atoms with Crippen molar-refractivity contribution in [2.45, 2.75) is 33.8 Å². The van der Waals surface area contributed by atoms with Crippen LogP contribution in [-0.2, 0) is 9.47 Å². The number of ketones is 1. The Bertz CT molecular complexity index is 856. The van der Waals surface area contributed by atoms with Crippen molar-refractivity contribution in [3.63, 3.8) is 0 Å². The van der Waals surface area contributed by atoms with Crippen molar-refractivity contribution in [3.05, 3.63) is 55.9 Å². The first-order chi connectivity index (χ1) is 12.3. The van der Waals surface area contributed by atoms with E-state index in [9.17, 15) is 14.4 Å². The van der Waals surface area contributed by atoms with E-state index in [0.29, 0.717) is 22.4 Å². The summed E-state index contributed by atoms with van der Waals surface area (Å²) >= 11 is 2.04. The number of benzene rings is 1. The number of Topliss-reactive ketones (excluding diaryl/α,β-unsaturated/α-hetero) is 1. The number of nitrogens with one attached hydrogen (secondary N) is 1. The van der Waals surface area contributed by atoms with Crippen LogP contribution < -0.4 is 0 Å². The molecule has 1 unspecified atom stereocenters. The fraction of sp³-hybridized carbons (Fsp3) is 0.316. The quantitative estimate of drug-likeness (QED) is 0.395. The molecular weight excluding hydrogens is 449 g/mol. The number of hydrogen-bond donors (Lipinski definition) is 1. The first-order valence-corrected chi connectivity index (χ1v) is 9.21. The molecule has 138 valence electrons. The fourth-order valence-electron chi connectivity index (χ4n) is 2.61. The summed E-state index contributed by atoms with van der Waals surface area (Å²) in [7, 11) is 0. The van der Waals surface area contributed by atoms with Gasteiger partial charge in [0.05, 0.1) is 23.4 Å². The van der Waals surface area contributed by atoms with E-state index in [1.165, 1.54) is 6.92 Å². The molecule has 26 heavy (non-hydrogen) atoms. The van der Waals surface area contributed by atoms with Crippen LogP contribution in [0, 0.1) is 17.4 Å². The molecule has 6 nitrogen and oxygen atoms in total. The van der Waals surface area contributed by atoms with Crippen LogP contribution in [0.2, 0.25) is 0 Å². The van der Waals surface area contributed by atoms with E-state index in [-0.39, 0.29) is 12.3 Å². The predicted octanol–water partition coefficient (Wildman–Crippen LogP) is 3.84. The monoisotopic (exact) mass is 469 g/mol. The highest BCUT2D eigenvalue weighted by molar-refractivity contribution is 14.1. The minimum Gasteiger partial charge on any atom is -0.462 e. The fourth-order valence-corrected chi connectivity index (χ4v) is 3.22. The maximum absolute atomic E-state index is 12.7. The van der Waals surface area contributed by atoms with E-state index in [0.717, 1.165) is 3.57 Å². The number of aromatic amines is 1. The number of carbonyl (C=O) groups excluding carboxylic acids is 3. The summed E-state index contributed by atoms with van der Waals surface area (Å²) in [6, 6.07) is 6.97. The molecule has 0 fully saturated rings. The zero-order valence-corrected chi connectivity index (χ0v) is 17.2. The van der Waals surface area contributed by atoms with Gasteiger partial charge in [-0.15, -0.1) is 0 Å². The van der Waals surface area contributed by atoms with Crippen LogP contribution in [0.4, 0.5) is 0 Å². The molecule has 2 aromatic rings. The van der Waals surface area contributed by atoms with Gasteiger partial charge < -0.3 is 14.5 Å². The van der Waals surface area contributed by atoms with Crippen molar-refractivity contribution < 1.29 is 23.9 Å². The molecule has 0 saturated heterocycles. The number of halogens is 1. The molecule has 0 saturated carbocycles. The molecule has 0 bridgehead atoms. The Labute approximate surface area is 165 Å². The molecule has 0 spiro atoms. The highest BCUT2D eigenvalue weighted by atomic mass is 127. The van der Waals surface area contributed by atoms with Crippen molar-refractivity contribution in [1.29, 1.82) is 0 Å². The van der Waals surface area contributed by atoms with Gasteiger partial charge >= 0.3 is 11.9 Å². The molecule has 0 radical (unpaired) electrons. The van der Waals surface area contributed by atoms with E-state index < -0.39 is 23.8 Å². The van der Waals surface area contributed by atoms with E-state index in [1.54, 1.807) is 39.0 Å². The number of aromatic nitrogens is 1. The van der Waals surface area contributed by atoms with Gasteiger partial charge in [0.15, 0.2) is 6.10 Å². The Hall–Kier alpha value is -2.16. The topological polar surface area (TPSA) is 85.5 Å². The number of carbonyl (C=O) groups is 3. The second kappa shape index (κ2) is 8.48. The van der Waals surface area contributed by atoms with Crippen LogP contribution in [0.25, 0.3) is 0 Å². The summed E-state index contributed by atoms with van der Waals surface area (Å²) in [6.07, 6.45) is -0.995. The number of aryl methyl sites for hydroxylation is 1. The highest BCUT2D eigenvalue weighted by Crippen LogP contribution is 2.21. The molecule has 1 aromatic carbocycles. The Morgan fingerprint density at radius 2 is 1.81 bits per heavy atom. The van der Waals surface area contributed by atoms with Crippen molar-refractivity contribution in [3.8, 4) is 0 Å². The van der Waals surface area contributed by atoms with Gasteiger partial charge in [-0.3, -0.25) is 4.79 Å². The first kappa shape index (κ1) is 20.2. The van der Waals surface area contributed by atoms with Gasteiger partial charge in [0, 0.05) is 9.26 Å². The third-order valence-electron chi connectivity index (χ3n) is 3.91. The Morgan fingerprint density at radius 1 is 1.15 bits per heavy atom. The summed E-state index contributed by atoms with van der Waals surface area (Å²) in [5, 5.41) is 0. The lowest BCUT2D eigenvalue weighted by molar-refractivity contribution is 0.0315. The van der Waals surface area contributed by atoms with E-state index >= 15 is 0 Å². The average Bonchev–Trinajstić information content (AvgIpc) is 2.89. The summed E-state index contributed by atoms with van der Waals surface area (Å²) in [6.45, 7) is 6.83. The second-order valence-corrected chi connectivity index (χ2v) is 6.90. The van der Waals surface area contributed by atoms with Crippen molar-refractivity contribution in [1.82, 2.24) is 4.98 Å². The number of hydrogen-bond acceptors (Lipinski definition) is 5. The highest BCUT2D eigenvalue weighted by Gasteiger charge is 2.28. The van der Waals surface area contributed by atoms with E-state index in [2.05, 4.69) is 4.98 Å². The minimum absolute atomic E-state index is 0.244. The van der Waals surface area contributed by atoms with Crippen molar-refractivity contribution in [2.75, 3.05) is 6.61 Å². The summed E-state index contributed by atoms with van der Waals surface area (Å²) < 4.78 is 11.1. The van der Waals surface area contributed by atoms with Gasteiger partial charge in [-0.1, -0.05) is 12.1 Å². The van der Waals surface area contributed by atoms with E-state index in [1.807, 2.05) is 28.7 Å². The van der Waals surface area contributed by atoms with Gasteiger partial charge in [-0.25, -0.2) is 9.59 Å². The molecule has 2 rings (SSSR count). The smallest absolute Gasteiger partial charge is 0.340 e. The van der Waals surface area contributed by atoms with Crippen molar-refractivity contribution >= 4 is 40.3 Å². The first-order valence-electron chi connectivity index (χ1n) is 8.13. The lowest BCUT2D eigenvalue weighted by Crippen LogP contribution is -2.25. The molecular formula is C19H20INO5. The number of esters is 2. The normalized spacial score (nSPS) is 11.7. The third kappa shape index (κ3) is 4.14. The standard InChI is InChI=1S/C19H20INO5/c1-5-25-19(24)15-10(2)16(21-11(15)3)17(22)12(4)26-18(23)13-8-6-7-9-14(13)20/h6-9,12,21H,5H2,1-4H3. The maximum Gasteiger partial charge on any atom is 0.340 e. The maximum atomic E-state index is 12.7. The Morgan fingerprint density at radius 3 is 2.42 bits per heavy atom. The zero-order chi connectivity index (χ0) is 19.4. The predicted molar refractivity (Wildman–Crippen MR) is 105 cm³/mol. The van der Waals surface area contributed by atoms with Crippen molar-refractivity contribution in [2.24, 2.45) is 0 Å². The summed E-state index contributed by atoms with van der Waals surface area (Å²) in [4.78, 5) is 40.0. The summed E-state index contributed by atoms with van der Waals surface area (Å²) in [5.74, 6) is -1.45. The average molecular weight is 469 g/mol. The third-order valence-corrected chi connectivity index (χ3v) is 4.85. The van der Waals surface area contributed by atoms with Gasteiger partial charge in [-0.05, 0) is 68.0 Å². The number of rotatable bonds is 6. The lowest BCUT2D eigenvalue weighted by atomic mass is 10.1. The number of H-pyrrole nitrogens is 1. The largest absolute Gasteiger partial charge is 0.462 e. The second-order valence-electron chi connectivity index (χ2n) is 5.74. The molecule has 1 heterocycles. The molecule has 0 aliphatic heterocycles. The Kier molecular flexibility index (Phi) is 6.57. The van der Waals surface area contributed by atoms with Crippen LogP contribution in [-0.4, -0.2) is 35.4 Å². The van der Waals surface area contributed by atoms with Crippen LogP contribution >= 0.6 is 22.6 Å². The van der Waals surface area contributed by atoms with Crippen LogP contribution in [0.3, 0.4) is 0 Å². The molecule has 0 amide bonds. The number of ether oxygens (including phenoxy) is 2. The van der Waals surface area contributed by atoms with Gasteiger partial charge in [0.1, 0.15) is 0 Å². The lowest BCUT2D eigenvalue weighted by Gasteiger charge is -2.13.